The monoisotopic (exact) mass is 2150 g/mol. The van der Waals surface area contributed by atoms with Crippen molar-refractivity contribution in [3.05, 3.63) is 340 Å². The summed E-state index contributed by atoms with van der Waals surface area (Å²) in [5.41, 5.74) is 1.29. The number of aryl methyl sites for hydroxylation is 3. The van der Waals surface area contributed by atoms with E-state index in [2.05, 4.69) is 97.2 Å². The number of nitrogens with one attached hydrogen (secondary N) is 7. The summed E-state index contributed by atoms with van der Waals surface area (Å²) in [6.07, 6.45) is -1.49. The molecule has 11 rings (SSSR count). The summed E-state index contributed by atoms with van der Waals surface area (Å²) >= 11 is 7.39. The van der Waals surface area contributed by atoms with Crippen molar-refractivity contribution in [3.63, 3.8) is 0 Å². The van der Waals surface area contributed by atoms with Gasteiger partial charge in [-0.1, -0.05) is 18.2 Å². The van der Waals surface area contributed by atoms with E-state index in [4.69, 9.17) is 24.9 Å². The quantitative estimate of drug-likeness (QED) is 0.0113. The average molecular weight is 2150 g/mol. The number of anilines is 8. The first kappa shape index (κ1) is 101. The minimum atomic E-state index is -1.59. The fourth-order valence-corrected chi connectivity index (χ4v) is 12.8. The normalized spacial score (nSPS) is 10.3. The molecule has 0 atom stereocenters. The number of benzene rings is 11. The number of halogens is 3. The molecule has 0 radical (unpaired) electrons. The van der Waals surface area contributed by atoms with Crippen LogP contribution in [0.25, 0.3) is 0 Å². The molecule has 0 aliphatic rings. The Morgan fingerprint density at radius 1 is 0.252 bits per heavy atom. The molecule has 0 heterocycles. The molecule has 0 bridgehead atoms. The van der Waals surface area contributed by atoms with E-state index < -0.39 is 159 Å². The Balaban J connectivity index is 0.00000202. The van der Waals surface area contributed by atoms with E-state index in [0.717, 1.165) is 120 Å². The molecule has 0 unspecified atom stereocenters. The number of carbonyl (C=O) groups excluding carboxylic acids is 14. The van der Waals surface area contributed by atoms with Crippen LogP contribution in [0.15, 0.2) is 212 Å². The van der Waals surface area contributed by atoms with E-state index in [1.165, 1.54) is 84.9 Å². The van der Waals surface area contributed by atoms with Crippen LogP contribution in [0, 0.1) is 20.8 Å². The number of carboxylic acid groups (broad SMARTS) is 7. The Bertz CT molecular complexity index is 6590. The van der Waals surface area contributed by atoms with E-state index in [9.17, 15) is 108 Å². The molecule has 0 fully saturated rings. The molecule has 0 saturated carbocycles. The number of aromatic carboxylic acids is 7. The summed E-state index contributed by atoms with van der Waals surface area (Å²) in [4.78, 5) is 262. The number of carboxylic acids is 7. The Morgan fingerprint density at radius 2 is 0.435 bits per heavy atom. The number of amides is 7. The van der Waals surface area contributed by atoms with Crippen LogP contribution in [-0.4, -0.2) is 149 Å². The summed E-state index contributed by atoms with van der Waals surface area (Å²) < 4.78 is 0. The van der Waals surface area contributed by atoms with Crippen LogP contribution >= 0.6 is 59.9 Å². The van der Waals surface area contributed by atoms with Gasteiger partial charge in [0.15, 0.2) is 17.3 Å². The maximum absolute atomic E-state index is 15.3. The predicted octanol–water partition coefficient (Wildman–Crippen LogP) is 14.6. The van der Waals surface area contributed by atoms with Crippen LogP contribution in [0.2, 0.25) is 0 Å². The molecule has 16 N–H and O–H groups in total. The summed E-state index contributed by atoms with van der Waals surface area (Å²) in [7, 11) is 0. The Morgan fingerprint density at radius 3 is 0.733 bits per heavy atom. The van der Waals surface area contributed by atoms with Crippen molar-refractivity contribution in [3.8, 4) is 0 Å². The number of hydrogen-bond acceptors (Lipinski definition) is 22. The van der Waals surface area contributed by atoms with Gasteiger partial charge in [-0.3, -0.25) is 47.9 Å². The van der Waals surface area contributed by atoms with Crippen molar-refractivity contribution in [1.82, 2.24) is 0 Å². The van der Waals surface area contributed by atoms with Gasteiger partial charge in [-0.15, -0.1) is 0 Å². The number of nitrogens with two attached hydrogens (primary N) is 1. The molecule has 131 heavy (non-hydrogen) atoms. The van der Waals surface area contributed by atoms with Gasteiger partial charge in [0.25, 0.3) is 41.4 Å². The van der Waals surface area contributed by atoms with Gasteiger partial charge in [-0.2, -0.15) is 19.2 Å². The van der Waals surface area contributed by atoms with Crippen LogP contribution in [0.4, 0.5) is 45.5 Å². The molecular formula is C91H66I3N8O28V. The van der Waals surface area contributed by atoms with Crippen LogP contribution in [0.3, 0.4) is 0 Å². The second-order valence-corrected chi connectivity index (χ2v) is 63.5. The summed E-state index contributed by atoms with van der Waals surface area (Å²) in [6.45, 7) is 5.09. The molecule has 0 aliphatic carbocycles. The first-order valence-electron chi connectivity index (χ1n) is 37.3. The van der Waals surface area contributed by atoms with Crippen molar-refractivity contribution in [2.45, 2.75) is 40.0 Å². The average Bonchev–Trinajstić information content (AvgIpc) is 0.805. The van der Waals surface area contributed by atoms with Gasteiger partial charge in [0.05, 0.1) is 38.9 Å². The van der Waals surface area contributed by atoms with Crippen molar-refractivity contribution in [2.75, 3.05) is 43.0 Å². The SMILES string of the molecule is Cc1cc(C)cc(NC(=O)c2cc(CC(=O)c3cc(NC(=O)c4cc(CC(=O)c5cc(N)cc(C(=O)Cc6cc(C(=O)O)cc(C(=O)O)c6)c5)cc(C(=O)Nc5cc(C)cc(C(=O)O)c5)c4)cc(C(=O)Nc4cc(C(=O)O)cc(C(=O)Nc5cccc(C(=O)O)c5)c4)c3)cc(C(=O)Nc3cc(C(=O)O)cc(C(=O)Nc4cccc(C(=O)O)c4)c3)c2)c1.O=C=O.O=C=O.[I][V]([I])[I]. The fraction of sp³-hybridized carbons (Fsp3) is 0.0659. The molecular weight excluding hydrogens is 2080 g/mol. The van der Waals surface area contributed by atoms with Crippen LogP contribution < -0.4 is 43.0 Å². The zero-order valence-corrected chi connectivity index (χ0v) is 75.6. The summed E-state index contributed by atoms with van der Waals surface area (Å²) in [5.74, 6) is -19.5. The summed E-state index contributed by atoms with van der Waals surface area (Å²) in [6, 6.07) is 42.1. The van der Waals surface area contributed by atoms with E-state index in [-0.39, 0.29) is 129 Å². The number of ketones is 3. The topological polar surface area (TPSA) is 610 Å². The Labute approximate surface area is 776 Å². The van der Waals surface area contributed by atoms with Crippen LogP contribution in [0.5, 0.6) is 0 Å². The van der Waals surface area contributed by atoms with E-state index in [1.54, 1.807) is 32.9 Å². The zero-order chi connectivity index (χ0) is 96.5. The molecule has 7 amide bonds. The number of nitrogen functional groups attached to an aromatic ring is 1. The second-order valence-electron chi connectivity index (χ2n) is 28.1. The Kier molecular flexibility index (Phi) is 35.5. The number of Topliss-reactive ketones (excluding diaryl/α,β-unsaturated/α-hetero) is 3. The molecule has 0 aromatic heterocycles. The van der Waals surface area contributed by atoms with Gasteiger partial charge < -0.3 is 78.7 Å². The second kappa shape index (κ2) is 46.2. The van der Waals surface area contributed by atoms with Crippen molar-refractivity contribution < 1.29 is 141 Å². The molecule has 0 saturated heterocycles. The third kappa shape index (κ3) is 29.7. The van der Waals surface area contributed by atoms with Gasteiger partial charge >= 0.3 is 119 Å². The van der Waals surface area contributed by atoms with Gasteiger partial charge in [0, 0.05) is 120 Å². The minimum absolute atomic E-state index is 0.0106. The van der Waals surface area contributed by atoms with E-state index >= 15 is 9.59 Å². The standard InChI is InChI=1S/C89H66N8O24.2CO2.3HI.V/c1-42-10-43(2)13-68(12-42)93-76(101)53-17-46(18-56(26-53)79(104)96-71-37-58(28-63(40-71)88(118)119)80(105)91-66-8-4-6-48(33-66)83(108)109)22-75(100)52-25-57(82(107)97-72-38-59(29-64(41-72)89(120)121)81(106)92-67-9-5-7-49(34-67)84(110)111)36-70(35-52)95-78(103)55-16-45(15-54(27-55)77(102)94-69-14-44(3)11-60(39-69)85(112)113)21-73(98)50-24-51(32-65(90)31-50)74(99)23-47-19-61(86(114)115)30-62(20-47)87(116)117;2*2-1-3;;;;/h4-20,24-41H,21-23,90H2,1-3H3,(H,91,105)(H,92,106)(H,93,101)(H,94,102)(H,95,103)(H,96,104)(H,97,107)(H,108,109)(H,110,111)(H,112,113)(H,114,115)(H,116,117)(H,118,119)(H,120,121);;;3*1H;/q;;;;;;+3/p-3. The van der Waals surface area contributed by atoms with Gasteiger partial charge in [-0.25, -0.2) is 33.6 Å². The predicted molar refractivity (Wildman–Crippen MR) is 490 cm³/mol. The maximum atomic E-state index is 15.3. The molecule has 664 valence electrons. The molecule has 0 aliphatic heterocycles. The zero-order valence-electron chi connectivity index (χ0n) is 67.7. The molecule has 36 nitrogen and oxygen atoms in total. The van der Waals surface area contributed by atoms with Gasteiger partial charge in [-0.05, 0) is 248 Å². The third-order valence-corrected chi connectivity index (χ3v) is 18.2. The first-order chi connectivity index (χ1) is 61.9. The number of carbonyl (C=O) groups is 17. The van der Waals surface area contributed by atoms with Gasteiger partial charge in [0.1, 0.15) is 0 Å². The molecule has 11 aromatic carbocycles. The number of rotatable bonds is 30. The van der Waals surface area contributed by atoms with Crippen molar-refractivity contribution in [2.24, 2.45) is 0 Å². The molecule has 0 spiro atoms. The molecule has 40 heteroatoms. The van der Waals surface area contributed by atoms with E-state index in [1.807, 2.05) is 6.07 Å². The van der Waals surface area contributed by atoms with Crippen molar-refractivity contribution in [1.29, 1.82) is 0 Å². The first-order valence-corrected chi connectivity index (χ1v) is 50.8. The third-order valence-electron chi connectivity index (χ3n) is 18.2. The van der Waals surface area contributed by atoms with E-state index in [0.29, 0.717) is 11.3 Å². The Hall–Kier alpha value is -15.7. The molecule has 11 aromatic rings. The van der Waals surface area contributed by atoms with Crippen LogP contribution in [0.1, 0.15) is 209 Å². The van der Waals surface area contributed by atoms with Crippen LogP contribution in [-0.2, 0) is 43.4 Å². The number of hydrogen-bond donors (Lipinski definition) is 15. The van der Waals surface area contributed by atoms with Crippen molar-refractivity contribution >= 4 is 218 Å². The summed E-state index contributed by atoms with van der Waals surface area (Å²) in [5, 5.41) is 86.7. The van der Waals surface area contributed by atoms with Gasteiger partial charge in [0.2, 0.25) is 0 Å². The fourth-order valence-electron chi connectivity index (χ4n) is 12.8.